The average molecular weight is 257 g/mol. The summed E-state index contributed by atoms with van der Waals surface area (Å²) in [4.78, 5) is 24.9. The smallest absolute Gasteiger partial charge is 0.307 e. The van der Waals surface area contributed by atoms with E-state index in [1.54, 1.807) is 11.9 Å². The molecule has 0 radical (unpaired) electrons. The zero-order chi connectivity index (χ0) is 13.7. The van der Waals surface area contributed by atoms with Gasteiger partial charge in [0, 0.05) is 20.2 Å². The Morgan fingerprint density at radius 3 is 2.50 bits per heavy atom. The predicted molar refractivity (Wildman–Crippen MR) is 67.1 cm³/mol. The Kier molecular flexibility index (Phi) is 5.59. The van der Waals surface area contributed by atoms with Crippen molar-refractivity contribution in [1.82, 2.24) is 4.90 Å². The third kappa shape index (κ3) is 3.70. The second-order valence-corrected chi connectivity index (χ2v) is 5.08. The van der Waals surface area contributed by atoms with Crippen LogP contribution in [-0.4, -0.2) is 48.7 Å². The summed E-state index contributed by atoms with van der Waals surface area (Å²) in [5.74, 6) is -1.51. The molecule has 104 valence electrons. The molecule has 0 aromatic heterocycles. The van der Waals surface area contributed by atoms with Crippen LogP contribution in [0, 0.1) is 17.8 Å². The predicted octanol–water partition coefficient (Wildman–Crippen LogP) is 1.23. The van der Waals surface area contributed by atoms with Gasteiger partial charge in [-0.1, -0.05) is 6.92 Å². The first-order chi connectivity index (χ1) is 8.47. The van der Waals surface area contributed by atoms with Gasteiger partial charge in [-0.3, -0.25) is 9.59 Å². The van der Waals surface area contributed by atoms with E-state index in [9.17, 15) is 9.59 Å². The molecule has 1 aliphatic carbocycles. The Morgan fingerprint density at radius 2 is 1.94 bits per heavy atom. The molecule has 1 saturated carbocycles. The molecular weight excluding hydrogens is 234 g/mol. The van der Waals surface area contributed by atoms with Gasteiger partial charge < -0.3 is 14.7 Å². The Hall–Kier alpha value is -1.10. The summed E-state index contributed by atoms with van der Waals surface area (Å²) in [5.41, 5.74) is 0. The van der Waals surface area contributed by atoms with E-state index in [1.807, 2.05) is 13.8 Å². The van der Waals surface area contributed by atoms with E-state index < -0.39 is 11.9 Å². The SMILES string of the molecule is CCOCCN(C)C(=O)C1CC(C)CC1C(=O)O. The second kappa shape index (κ2) is 6.73. The highest BCUT2D eigenvalue weighted by molar-refractivity contribution is 5.85. The van der Waals surface area contributed by atoms with Crippen molar-refractivity contribution in [3.8, 4) is 0 Å². The first kappa shape index (κ1) is 15.0. The highest BCUT2D eigenvalue weighted by atomic mass is 16.5. The maximum atomic E-state index is 12.2. The third-order valence-corrected chi connectivity index (χ3v) is 3.58. The van der Waals surface area contributed by atoms with Crippen molar-refractivity contribution in [3.63, 3.8) is 0 Å². The number of carboxylic acids is 1. The van der Waals surface area contributed by atoms with Crippen LogP contribution in [-0.2, 0) is 14.3 Å². The van der Waals surface area contributed by atoms with Gasteiger partial charge in [0.1, 0.15) is 0 Å². The number of carbonyl (C=O) groups excluding carboxylic acids is 1. The average Bonchev–Trinajstić information content (AvgIpc) is 2.70. The number of hydrogen-bond donors (Lipinski definition) is 1. The molecule has 0 aliphatic heterocycles. The molecular formula is C13H23NO4. The molecule has 3 atom stereocenters. The van der Waals surface area contributed by atoms with E-state index in [-0.39, 0.29) is 11.8 Å². The molecule has 5 nitrogen and oxygen atoms in total. The molecule has 18 heavy (non-hydrogen) atoms. The summed E-state index contributed by atoms with van der Waals surface area (Å²) in [5, 5.41) is 9.15. The molecule has 0 spiro atoms. The molecule has 5 heteroatoms. The largest absolute Gasteiger partial charge is 0.481 e. The number of rotatable bonds is 6. The number of likely N-dealkylation sites (N-methyl/N-ethyl adjacent to an activating group) is 1. The molecule has 3 unspecified atom stereocenters. The Morgan fingerprint density at radius 1 is 1.33 bits per heavy atom. The van der Waals surface area contributed by atoms with E-state index in [0.717, 1.165) is 0 Å². The van der Waals surface area contributed by atoms with E-state index in [1.165, 1.54) is 0 Å². The first-order valence-corrected chi connectivity index (χ1v) is 6.52. The van der Waals surface area contributed by atoms with E-state index >= 15 is 0 Å². The number of nitrogens with zero attached hydrogens (tertiary/aromatic N) is 1. The maximum Gasteiger partial charge on any atom is 0.307 e. The molecule has 1 N–H and O–H groups in total. The summed E-state index contributed by atoms with van der Waals surface area (Å²) in [7, 11) is 1.71. The molecule has 1 rings (SSSR count). The lowest BCUT2D eigenvalue weighted by Gasteiger charge is -2.23. The Balaban J connectivity index is 2.56. The van der Waals surface area contributed by atoms with Gasteiger partial charge in [-0.15, -0.1) is 0 Å². The Labute approximate surface area is 108 Å². The number of carbonyl (C=O) groups is 2. The number of hydrogen-bond acceptors (Lipinski definition) is 3. The second-order valence-electron chi connectivity index (χ2n) is 5.08. The van der Waals surface area contributed by atoms with Gasteiger partial charge in [0.2, 0.25) is 5.91 Å². The van der Waals surface area contributed by atoms with Crippen molar-refractivity contribution in [2.75, 3.05) is 26.8 Å². The molecule has 1 fully saturated rings. The lowest BCUT2D eigenvalue weighted by Crippen LogP contribution is -2.38. The van der Waals surface area contributed by atoms with Gasteiger partial charge in [0.15, 0.2) is 0 Å². The van der Waals surface area contributed by atoms with Crippen molar-refractivity contribution in [1.29, 1.82) is 0 Å². The highest BCUT2D eigenvalue weighted by Crippen LogP contribution is 2.37. The molecule has 0 aromatic carbocycles. The molecule has 0 aromatic rings. The summed E-state index contributed by atoms with van der Waals surface area (Å²) in [6.07, 6.45) is 1.28. The van der Waals surface area contributed by atoms with Crippen LogP contribution >= 0.6 is 0 Å². The van der Waals surface area contributed by atoms with Crippen LogP contribution in [0.1, 0.15) is 26.7 Å². The summed E-state index contributed by atoms with van der Waals surface area (Å²) in [6.45, 7) is 5.55. The number of aliphatic carboxylic acids is 1. The first-order valence-electron chi connectivity index (χ1n) is 6.52. The summed E-state index contributed by atoms with van der Waals surface area (Å²) >= 11 is 0. The van der Waals surface area contributed by atoms with Gasteiger partial charge in [-0.25, -0.2) is 0 Å². The monoisotopic (exact) mass is 257 g/mol. The van der Waals surface area contributed by atoms with E-state index in [0.29, 0.717) is 38.5 Å². The van der Waals surface area contributed by atoms with Crippen molar-refractivity contribution in [2.45, 2.75) is 26.7 Å². The van der Waals surface area contributed by atoms with Crippen LogP contribution in [0.25, 0.3) is 0 Å². The summed E-state index contributed by atoms with van der Waals surface area (Å²) in [6, 6.07) is 0. The van der Waals surface area contributed by atoms with Crippen LogP contribution in [0.3, 0.4) is 0 Å². The minimum atomic E-state index is -0.851. The van der Waals surface area contributed by atoms with Crippen LogP contribution in [0.5, 0.6) is 0 Å². The minimum absolute atomic E-state index is 0.0635. The van der Waals surface area contributed by atoms with Gasteiger partial charge in [0.25, 0.3) is 0 Å². The lowest BCUT2D eigenvalue weighted by atomic mass is 9.95. The van der Waals surface area contributed by atoms with E-state index in [4.69, 9.17) is 9.84 Å². The van der Waals surface area contributed by atoms with Crippen LogP contribution in [0.2, 0.25) is 0 Å². The van der Waals surface area contributed by atoms with Gasteiger partial charge in [-0.2, -0.15) is 0 Å². The standard InChI is InChI=1S/C13H23NO4/c1-4-18-6-5-14(3)12(15)10-7-9(2)8-11(10)13(16)17/h9-11H,4-8H2,1-3H3,(H,16,17). The fourth-order valence-corrected chi connectivity index (χ4v) is 2.58. The van der Waals surface area contributed by atoms with Crippen LogP contribution in [0.4, 0.5) is 0 Å². The summed E-state index contributed by atoms with van der Waals surface area (Å²) < 4.78 is 5.20. The minimum Gasteiger partial charge on any atom is -0.481 e. The fraction of sp³-hybridized carbons (Fsp3) is 0.846. The molecule has 0 saturated heterocycles. The van der Waals surface area contributed by atoms with Crippen LogP contribution in [0.15, 0.2) is 0 Å². The van der Waals surface area contributed by atoms with Crippen molar-refractivity contribution < 1.29 is 19.4 Å². The highest BCUT2D eigenvalue weighted by Gasteiger charge is 2.42. The third-order valence-electron chi connectivity index (χ3n) is 3.58. The molecule has 0 bridgehead atoms. The Bertz CT molecular complexity index is 305. The fourth-order valence-electron chi connectivity index (χ4n) is 2.58. The van der Waals surface area contributed by atoms with Crippen molar-refractivity contribution in [3.05, 3.63) is 0 Å². The molecule has 1 amide bonds. The lowest BCUT2D eigenvalue weighted by molar-refractivity contribution is -0.148. The van der Waals surface area contributed by atoms with Gasteiger partial charge in [-0.05, 0) is 25.7 Å². The maximum absolute atomic E-state index is 12.2. The van der Waals surface area contributed by atoms with Crippen molar-refractivity contribution >= 4 is 11.9 Å². The normalized spacial score (nSPS) is 27.2. The van der Waals surface area contributed by atoms with Crippen molar-refractivity contribution in [2.24, 2.45) is 17.8 Å². The topological polar surface area (TPSA) is 66.8 Å². The quantitative estimate of drug-likeness (QED) is 0.727. The number of ether oxygens (including phenoxy) is 1. The van der Waals surface area contributed by atoms with Gasteiger partial charge >= 0.3 is 5.97 Å². The number of amides is 1. The number of carboxylic acid groups (broad SMARTS) is 1. The van der Waals surface area contributed by atoms with Gasteiger partial charge in [0.05, 0.1) is 18.4 Å². The zero-order valence-electron chi connectivity index (χ0n) is 11.4. The molecule has 1 aliphatic rings. The zero-order valence-corrected chi connectivity index (χ0v) is 11.4. The van der Waals surface area contributed by atoms with Crippen LogP contribution < -0.4 is 0 Å². The van der Waals surface area contributed by atoms with E-state index in [2.05, 4.69) is 0 Å². The molecule has 0 heterocycles.